The van der Waals surface area contributed by atoms with Crippen LogP contribution in [0.1, 0.15) is 6.42 Å². The van der Waals surface area contributed by atoms with Gasteiger partial charge in [-0.15, -0.1) is 11.8 Å². The summed E-state index contributed by atoms with van der Waals surface area (Å²) < 4.78 is 28.6. The number of amides is 1. The molecular weight excluding hydrogens is 358 g/mol. The zero-order chi connectivity index (χ0) is 17.7. The second-order valence-electron chi connectivity index (χ2n) is 6.01. The van der Waals surface area contributed by atoms with Crippen molar-refractivity contribution < 1.29 is 17.9 Å². The molecule has 1 aliphatic heterocycles. The lowest BCUT2D eigenvalue weighted by Gasteiger charge is -2.11. The number of sulfone groups is 1. The summed E-state index contributed by atoms with van der Waals surface area (Å²) >= 11 is 1.42. The Morgan fingerprint density at radius 2 is 2.00 bits per heavy atom. The van der Waals surface area contributed by atoms with Crippen LogP contribution >= 0.6 is 11.8 Å². The number of rotatable bonds is 7. The Morgan fingerprint density at radius 3 is 2.80 bits per heavy atom. The maximum absolute atomic E-state index is 11.8. The molecule has 7 heteroatoms. The molecule has 0 unspecified atom stereocenters. The van der Waals surface area contributed by atoms with Crippen molar-refractivity contribution in [2.24, 2.45) is 0 Å². The quantitative estimate of drug-likeness (QED) is 0.747. The first-order chi connectivity index (χ1) is 12.0. The number of ether oxygens (including phenoxy) is 1. The first-order valence-electron chi connectivity index (χ1n) is 8.23. The number of carbonyl (C=O) groups excluding carboxylic acids is 1. The highest BCUT2D eigenvalue weighted by Crippen LogP contribution is 2.25. The summed E-state index contributed by atoms with van der Waals surface area (Å²) in [5, 5.41) is 5.02. The molecule has 3 rings (SSSR count). The van der Waals surface area contributed by atoms with Gasteiger partial charge in [-0.05, 0) is 17.9 Å². The number of hydrogen-bond donors (Lipinski definition) is 1. The molecule has 0 spiro atoms. The molecule has 1 atom stereocenters. The van der Waals surface area contributed by atoms with Crippen molar-refractivity contribution >= 4 is 38.3 Å². The van der Waals surface area contributed by atoms with Crippen LogP contribution in [0.4, 0.5) is 0 Å². The number of benzene rings is 2. The molecule has 134 valence electrons. The Bertz CT molecular complexity index is 846. The van der Waals surface area contributed by atoms with Gasteiger partial charge in [-0.2, -0.15) is 0 Å². The smallest absolute Gasteiger partial charge is 0.230 e. The van der Waals surface area contributed by atoms with Crippen molar-refractivity contribution in [1.29, 1.82) is 0 Å². The van der Waals surface area contributed by atoms with E-state index in [4.69, 9.17) is 4.74 Å². The predicted molar refractivity (Wildman–Crippen MR) is 102 cm³/mol. The summed E-state index contributed by atoms with van der Waals surface area (Å²) in [5.74, 6) is 1.43. The Labute approximate surface area is 152 Å². The van der Waals surface area contributed by atoms with Gasteiger partial charge in [-0.25, -0.2) is 8.42 Å². The van der Waals surface area contributed by atoms with Gasteiger partial charge in [-0.1, -0.05) is 36.4 Å². The Morgan fingerprint density at radius 1 is 1.20 bits per heavy atom. The Hall–Kier alpha value is -1.73. The average molecular weight is 380 g/mol. The predicted octanol–water partition coefficient (Wildman–Crippen LogP) is 2.26. The highest BCUT2D eigenvalue weighted by atomic mass is 32.2. The molecule has 25 heavy (non-hydrogen) atoms. The number of fused-ring (bicyclic) bond motifs is 1. The van der Waals surface area contributed by atoms with Gasteiger partial charge in [0.1, 0.15) is 12.4 Å². The minimum atomic E-state index is -2.89. The zero-order valence-electron chi connectivity index (χ0n) is 13.8. The van der Waals surface area contributed by atoms with Crippen LogP contribution in [0.5, 0.6) is 5.75 Å². The van der Waals surface area contributed by atoms with Crippen LogP contribution in [-0.4, -0.2) is 50.0 Å². The molecule has 1 heterocycles. The van der Waals surface area contributed by atoms with Gasteiger partial charge < -0.3 is 10.1 Å². The maximum atomic E-state index is 11.8. The van der Waals surface area contributed by atoms with E-state index in [1.165, 1.54) is 11.8 Å². The van der Waals surface area contributed by atoms with Gasteiger partial charge in [0.25, 0.3) is 0 Å². The lowest BCUT2D eigenvalue weighted by molar-refractivity contribution is -0.118. The van der Waals surface area contributed by atoms with Crippen molar-refractivity contribution in [3.8, 4) is 5.75 Å². The van der Waals surface area contributed by atoms with E-state index in [2.05, 4.69) is 5.32 Å². The molecule has 1 fully saturated rings. The molecule has 0 saturated carbocycles. The summed E-state index contributed by atoms with van der Waals surface area (Å²) in [6.45, 7) is 0.813. The average Bonchev–Trinajstić information content (AvgIpc) is 2.96. The van der Waals surface area contributed by atoms with Crippen LogP contribution in [0.2, 0.25) is 0 Å². The zero-order valence-corrected chi connectivity index (χ0v) is 15.4. The molecule has 1 amide bonds. The van der Waals surface area contributed by atoms with Crippen LogP contribution in [-0.2, 0) is 14.6 Å². The maximum Gasteiger partial charge on any atom is 0.230 e. The molecule has 0 aromatic heterocycles. The second-order valence-corrected chi connectivity index (χ2v) is 9.53. The van der Waals surface area contributed by atoms with E-state index in [0.29, 0.717) is 19.6 Å². The van der Waals surface area contributed by atoms with Crippen molar-refractivity contribution in [3.63, 3.8) is 0 Å². The first kappa shape index (κ1) is 18.1. The van der Waals surface area contributed by atoms with E-state index < -0.39 is 9.84 Å². The van der Waals surface area contributed by atoms with E-state index in [-0.39, 0.29) is 28.4 Å². The van der Waals surface area contributed by atoms with E-state index in [1.807, 2.05) is 42.5 Å². The summed E-state index contributed by atoms with van der Waals surface area (Å²) in [6, 6.07) is 13.9. The molecule has 0 bridgehead atoms. The molecule has 2 aromatic rings. The standard InChI is InChI=1S/C18H21NO4S2/c20-18(12-24-15-8-11-25(21,22)13-15)19-9-10-23-17-7-3-5-14-4-1-2-6-16(14)17/h1-7,15H,8-13H2,(H,19,20)/t15-/m1/s1. The fourth-order valence-electron chi connectivity index (χ4n) is 2.81. The summed E-state index contributed by atoms with van der Waals surface area (Å²) in [6.07, 6.45) is 0.643. The van der Waals surface area contributed by atoms with Gasteiger partial charge in [0, 0.05) is 10.6 Å². The van der Waals surface area contributed by atoms with Crippen LogP contribution in [0, 0.1) is 0 Å². The van der Waals surface area contributed by atoms with Crippen molar-refractivity contribution in [2.45, 2.75) is 11.7 Å². The second kappa shape index (κ2) is 8.10. The minimum absolute atomic E-state index is 0.0442. The van der Waals surface area contributed by atoms with Crippen LogP contribution < -0.4 is 10.1 Å². The highest BCUT2D eigenvalue weighted by Gasteiger charge is 2.28. The normalized spacial score (nSPS) is 19.0. The minimum Gasteiger partial charge on any atom is -0.491 e. The number of hydrogen-bond acceptors (Lipinski definition) is 5. The fourth-order valence-corrected chi connectivity index (χ4v) is 6.28. The molecule has 5 nitrogen and oxygen atoms in total. The molecular formula is C18H21NO4S2. The van der Waals surface area contributed by atoms with E-state index in [1.54, 1.807) is 0 Å². The summed E-state index contributed by atoms with van der Waals surface area (Å²) in [4.78, 5) is 11.8. The molecule has 0 radical (unpaired) electrons. The largest absolute Gasteiger partial charge is 0.491 e. The van der Waals surface area contributed by atoms with Crippen LogP contribution in [0.15, 0.2) is 42.5 Å². The number of nitrogens with one attached hydrogen (secondary N) is 1. The third-order valence-corrected chi connectivity index (χ3v) is 7.35. The van der Waals surface area contributed by atoms with Crippen LogP contribution in [0.3, 0.4) is 0 Å². The van der Waals surface area contributed by atoms with E-state index >= 15 is 0 Å². The van der Waals surface area contributed by atoms with Gasteiger partial charge in [0.2, 0.25) is 5.91 Å². The molecule has 1 N–H and O–H groups in total. The van der Waals surface area contributed by atoms with Crippen molar-refractivity contribution in [2.75, 3.05) is 30.4 Å². The topological polar surface area (TPSA) is 72.5 Å². The lowest BCUT2D eigenvalue weighted by Crippen LogP contribution is -2.30. The van der Waals surface area contributed by atoms with Crippen molar-refractivity contribution in [1.82, 2.24) is 5.32 Å². The first-order valence-corrected chi connectivity index (χ1v) is 11.1. The molecule has 1 aliphatic rings. The summed E-state index contributed by atoms with van der Waals surface area (Å²) in [7, 11) is -2.89. The number of carbonyl (C=O) groups is 1. The molecule has 2 aromatic carbocycles. The Balaban J connectivity index is 1.39. The van der Waals surface area contributed by atoms with Gasteiger partial charge in [0.15, 0.2) is 9.84 Å². The van der Waals surface area contributed by atoms with Gasteiger partial charge >= 0.3 is 0 Å². The van der Waals surface area contributed by atoms with Crippen molar-refractivity contribution in [3.05, 3.63) is 42.5 Å². The molecule has 0 aliphatic carbocycles. The third kappa shape index (κ3) is 5.12. The highest BCUT2D eigenvalue weighted by molar-refractivity contribution is 8.02. The molecule has 1 saturated heterocycles. The van der Waals surface area contributed by atoms with E-state index in [9.17, 15) is 13.2 Å². The van der Waals surface area contributed by atoms with Gasteiger partial charge in [-0.3, -0.25) is 4.79 Å². The number of thioether (sulfide) groups is 1. The van der Waals surface area contributed by atoms with Gasteiger partial charge in [0.05, 0.1) is 23.8 Å². The van der Waals surface area contributed by atoms with Crippen LogP contribution in [0.25, 0.3) is 10.8 Å². The monoisotopic (exact) mass is 379 g/mol. The Kier molecular flexibility index (Phi) is 5.86. The lowest BCUT2D eigenvalue weighted by atomic mass is 10.1. The third-order valence-electron chi connectivity index (χ3n) is 4.07. The van der Waals surface area contributed by atoms with E-state index in [0.717, 1.165) is 16.5 Å². The summed E-state index contributed by atoms with van der Waals surface area (Å²) in [5.41, 5.74) is 0. The fraction of sp³-hybridized carbons (Fsp3) is 0.389. The SMILES string of the molecule is O=C(CS[C@@H]1CCS(=O)(=O)C1)NCCOc1cccc2ccccc12.